The van der Waals surface area contributed by atoms with Crippen molar-refractivity contribution < 1.29 is 22.4 Å². The lowest BCUT2D eigenvalue weighted by Crippen LogP contribution is -2.29. The van der Waals surface area contributed by atoms with Gasteiger partial charge in [0.25, 0.3) is 5.91 Å². The van der Waals surface area contributed by atoms with Gasteiger partial charge in [0.15, 0.2) is 0 Å². The van der Waals surface area contributed by atoms with Crippen LogP contribution in [0.5, 0.6) is 0 Å². The lowest BCUT2D eigenvalue weighted by Gasteiger charge is -2.12. The van der Waals surface area contributed by atoms with Crippen molar-refractivity contribution in [1.29, 1.82) is 0 Å². The maximum absolute atomic E-state index is 12.9. The van der Waals surface area contributed by atoms with E-state index in [0.717, 1.165) is 23.3 Å². The Bertz CT molecular complexity index is 854. The summed E-state index contributed by atoms with van der Waals surface area (Å²) in [7, 11) is 0. The molecule has 0 aliphatic heterocycles. The van der Waals surface area contributed by atoms with Crippen LogP contribution in [0.25, 0.3) is 11.1 Å². The Labute approximate surface area is 141 Å². The summed E-state index contributed by atoms with van der Waals surface area (Å²) in [5, 5.41) is 6.63. The Hall–Kier alpha value is -3.03. The molecule has 0 fully saturated rings. The van der Waals surface area contributed by atoms with E-state index in [4.69, 9.17) is 4.42 Å². The summed E-state index contributed by atoms with van der Waals surface area (Å²) < 4.78 is 45.4. The molecule has 0 atom stereocenters. The topological polar surface area (TPSA) is 60.1 Å². The van der Waals surface area contributed by atoms with Gasteiger partial charge in [0, 0.05) is 23.9 Å². The zero-order valence-corrected chi connectivity index (χ0v) is 13.0. The Morgan fingerprint density at radius 3 is 2.72 bits per heavy atom. The molecule has 1 aromatic carbocycles. The highest BCUT2D eigenvalue weighted by Crippen LogP contribution is 2.31. The molecule has 0 spiro atoms. The minimum Gasteiger partial charge on any atom is -0.472 e. The predicted octanol–water partition coefficient (Wildman–Crippen LogP) is 3.59. The molecule has 3 rings (SSSR count). The van der Waals surface area contributed by atoms with Crippen LogP contribution in [-0.4, -0.2) is 22.2 Å². The van der Waals surface area contributed by atoms with E-state index in [-0.39, 0.29) is 6.54 Å². The summed E-state index contributed by atoms with van der Waals surface area (Å²) in [6.07, 6.45) is 1.96. The van der Waals surface area contributed by atoms with E-state index in [0.29, 0.717) is 6.54 Å². The fraction of sp³-hybridized carbons (Fsp3) is 0.176. The van der Waals surface area contributed by atoms with Gasteiger partial charge < -0.3 is 9.73 Å². The molecule has 0 saturated heterocycles. The van der Waals surface area contributed by atoms with E-state index < -0.39 is 23.2 Å². The first kappa shape index (κ1) is 16.8. The van der Waals surface area contributed by atoms with Gasteiger partial charge in [0.2, 0.25) is 0 Å². The molecular weight excluding hydrogens is 335 g/mol. The fourth-order valence-electron chi connectivity index (χ4n) is 2.37. The molecule has 0 aliphatic rings. The Balaban J connectivity index is 1.61. The minimum atomic E-state index is -4.57. The number of carbonyl (C=O) groups is 1. The number of furan rings is 1. The molecule has 1 N–H and O–H groups in total. The summed E-state index contributed by atoms with van der Waals surface area (Å²) in [5.74, 6) is -0.768. The second-order valence-corrected chi connectivity index (χ2v) is 5.30. The lowest BCUT2D eigenvalue weighted by atomic mass is 10.1. The molecule has 0 bridgehead atoms. The van der Waals surface area contributed by atoms with Gasteiger partial charge in [-0.05, 0) is 18.2 Å². The van der Waals surface area contributed by atoms with Crippen LogP contribution in [0.1, 0.15) is 15.9 Å². The highest BCUT2D eigenvalue weighted by atomic mass is 19.4. The maximum atomic E-state index is 12.9. The van der Waals surface area contributed by atoms with Crippen LogP contribution in [-0.2, 0) is 12.7 Å². The van der Waals surface area contributed by atoms with Crippen molar-refractivity contribution >= 4 is 5.91 Å². The molecule has 130 valence electrons. The number of benzene rings is 1. The zero-order valence-electron chi connectivity index (χ0n) is 13.0. The third-order valence-corrected chi connectivity index (χ3v) is 3.59. The number of hydrogen-bond donors (Lipinski definition) is 1. The minimum absolute atomic E-state index is 0.150. The number of nitrogens with zero attached hydrogens (tertiary/aromatic N) is 2. The van der Waals surface area contributed by atoms with Gasteiger partial charge in [0.1, 0.15) is 0 Å². The number of aromatic nitrogens is 2. The zero-order chi connectivity index (χ0) is 17.9. The first-order chi connectivity index (χ1) is 11.9. The second kappa shape index (κ2) is 6.84. The van der Waals surface area contributed by atoms with Crippen LogP contribution >= 0.6 is 0 Å². The monoisotopic (exact) mass is 349 g/mol. The SMILES string of the molecule is O=C(NCCn1cc(-c2ccoc2)cn1)c1ccccc1C(F)(F)F. The molecule has 0 saturated carbocycles. The first-order valence-corrected chi connectivity index (χ1v) is 7.44. The molecule has 0 unspecified atom stereocenters. The van der Waals surface area contributed by atoms with Crippen molar-refractivity contribution in [2.24, 2.45) is 0 Å². The van der Waals surface area contributed by atoms with Crippen molar-refractivity contribution in [3.05, 3.63) is 66.4 Å². The molecule has 2 heterocycles. The predicted molar refractivity (Wildman–Crippen MR) is 83.7 cm³/mol. The third-order valence-electron chi connectivity index (χ3n) is 3.59. The second-order valence-electron chi connectivity index (χ2n) is 5.30. The molecule has 1 amide bonds. The van der Waals surface area contributed by atoms with Crippen LogP contribution in [0, 0.1) is 0 Å². The van der Waals surface area contributed by atoms with E-state index in [2.05, 4.69) is 10.4 Å². The summed E-state index contributed by atoms with van der Waals surface area (Å²) in [6, 6.07) is 6.48. The third kappa shape index (κ3) is 3.90. The van der Waals surface area contributed by atoms with Gasteiger partial charge in [-0.1, -0.05) is 12.1 Å². The lowest BCUT2D eigenvalue weighted by molar-refractivity contribution is -0.137. The average Bonchev–Trinajstić information content (AvgIpc) is 3.25. The number of rotatable bonds is 5. The van der Waals surface area contributed by atoms with E-state index in [1.165, 1.54) is 12.1 Å². The number of nitrogens with one attached hydrogen (secondary N) is 1. The van der Waals surface area contributed by atoms with Crippen molar-refractivity contribution in [3.8, 4) is 11.1 Å². The van der Waals surface area contributed by atoms with Crippen molar-refractivity contribution in [3.63, 3.8) is 0 Å². The Kier molecular flexibility index (Phi) is 4.60. The molecular formula is C17H14F3N3O2. The van der Waals surface area contributed by atoms with Gasteiger partial charge in [-0.3, -0.25) is 9.48 Å². The maximum Gasteiger partial charge on any atom is 0.417 e. The van der Waals surface area contributed by atoms with Crippen LogP contribution in [0.2, 0.25) is 0 Å². The molecule has 2 aromatic heterocycles. The summed E-state index contributed by atoms with van der Waals surface area (Å²) >= 11 is 0. The standard InChI is InChI=1S/C17H14F3N3O2/c18-17(19,20)15-4-2-1-3-14(15)16(24)21-6-7-23-10-13(9-22-23)12-5-8-25-11-12/h1-5,8-11H,6-7H2,(H,21,24). The van der Waals surface area contributed by atoms with Crippen LogP contribution < -0.4 is 5.32 Å². The number of alkyl halides is 3. The molecule has 0 radical (unpaired) electrons. The van der Waals surface area contributed by atoms with E-state index in [9.17, 15) is 18.0 Å². The largest absolute Gasteiger partial charge is 0.472 e. The van der Waals surface area contributed by atoms with Crippen molar-refractivity contribution in [1.82, 2.24) is 15.1 Å². The smallest absolute Gasteiger partial charge is 0.417 e. The van der Waals surface area contributed by atoms with Crippen LogP contribution in [0.4, 0.5) is 13.2 Å². The Morgan fingerprint density at radius 1 is 1.20 bits per heavy atom. The molecule has 3 aromatic rings. The summed E-state index contributed by atoms with van der Waals surface area (Å²) in [4.78, 5) is 12.0. The number of hydrogen-bond acceptors (Lipinski definition) is 3. The van der Waals surface area contributed by atoms with Crippen LogP contribution in [0.3, 0.4) is 0 Å². The average molecular weight is 349 g/mol. The highest BCUT2D eigenvalue weighted by Gasteiger charge is 2.34. The number of carbonyl (C=O) groups excluding carboxylic acids is 1. The fourth-order valence-corrected chi connectivity index (χ4v) is 2.37. The quantitative estimate of drug-likeness (QED) is 0.766. The van der Waals surface area contributed by atoms with Gasteiger partial charge in [-0.15, -0.1) is 0 Å². The normalized spacial score (nSPS) is 11.5. The molecule has 8 heteroatoms. The van der Waals surface area contributed by atoms with E-state index in [1.54, 1.807) is 35.7 Å². The van der Waals surface area contributed by atoms with E-state index in [1.807, 2.05) is 0 Å². The highest BCUT2D eigenvalue weighted by molar-refractivity contribution is 5.95. The molecule has 5 nitrogen and oxygen atoms in total. The van der Waals surface area contributed by atoms with Gasteiger partial charge >= 0.3 is 6.18 Å². The van der Waals surface area contributed by atoms with Gasteiger partial charge in [-0.25, -0.2) is 0 Å². The van der Waals surface area contributed by atoms with Gasteiger partial charge in [0.05, 0.1) is 36.4 Å². The van der Waals surface area contributed by atoms with Crippen LogP contribution in [0.15, 0.2) is 59.7 Å². The number of amides is 1. The molecule has 25 heavy (non-hydrogen) atoms. The summed E-state index contributed by atoms with van der Waals surface area (Å²) in [6.45, 7) is 0.481. The van der Waals surface area contributed by atoms with Crippen molar-refractivity contribution in [2.75, 3.05) is 6.54 Å². The van der Waals surface area contributed by atoms with Gasteiger partial charge in [-0.2, -0.15) is 18.3 Å². The van der Waals surface area contributed by atoms with E-state index >= 15 is 0 Å². The first-order valence-electron chi connectivity index (χ1n) is 7.44. The Morgan fingerprint density at radius 2 is 2.00 bits per heavy atom. The number of halogens is 3. The van der Waals surface area contributed by atoms with Crippen molar-refractivity contribution in [2.45, 2.75) is 12.7 Å². The molecule has 0 aliphatic carbocycles. The summed E-state index contributed by atoms with van der Waals surface area (Å²) in [5.41, 5.74) is 0.375.